The van der Waals surface area contributed by atoms with Crippen LogP contribution in [0.2, 0.25) is 0 Å². The first-order valence-corrected chi connectivity index (χ1v) is 5.39. The lowest BCUT2D eigenvalue weighted by molar-refractivity contribution is 0.103. The minimum atomic E-state index is -0.714. The molecule has 1 unspecified atom stereocenters. The lowest BCUT2D eigenvalue weighted by Crippen LogP contribution is -2.19. The Hall–Kier alpha value is -0.560. The standard InChI is InChI=1S/C13H24O/c1-6-13(5,14)9-7-8-12(4)10-11(2)3/h6,8,11,14H,1,7,9-10H2,2-5H3/b12-8+. The summed E-state index contributed by atoms with van der Waals surface area (Å²) in [7, 11) is 0. The van der Waals surface area contributed by atoms with Gasteiger partial charge in [-0.2, -0.15) is 0 Å². The average Bonchev–Trinajstić information content (AvgIpc) is 2.02. The largest absolute Gasteiger partial charge is 0.386 e. The van der Waals surface area contributed by atoms with Gasteiger partial charge in [-0.15, -0.1) is 6.58 Å². The molecule has 82 valence electrons. The molecule has 0 radical (unpaired) electrons. The third-order valence-corrected chi connectivity index (χ3v) is 2.31. The molecular weight excluding hydrogens is 172 g/mol. The smallest absolute Gasteiger partial charge is 0.0800 e. The van der Waals surface area contributed by atoms with Crippen LogP contribution in [0.25, 0.3) is 0 Å². The van der Waals surface area contributed by atoms with Gasteiger partial charge < -0.3 is 5.11 Å². The van der Waals surface area contributed by atoms with Gasteiger partial charge >= 0.3 is 0 Å². The van der Waals surface area contributed by atoms with Crippen molar-refractivity contribution in [3.05, 3.63) is 24.3 Å². The molecule has 0 bridgehead atoms. The van der Waals surface area contributed by atoms with E-state index in [4.69, 9.17) is 0 Å². The van der Waals surface area contributed by atoms with Crippen LogP contribution < -0.4 is 0 Å². The zero-order valence-electron chi connectivity index (χ0n) is 10.0. The average molecular weight is 196 g/mol. The van der Waals surface area contributed by atoms with Gasteiger partial charge in [-0.05, 0) is 39.0 Å². The van der Waals surface area contributed by atoms with E-state index in [0.29, 0.717) is 5.92 Å². The summed E-state index contributed by atoms with van der Waals surface area (Å²) < 4.78 is 0. The van der Waals surface area contributed by atoms with Gasteiger partial charge in [0.1, 0.15) is 0 Å². The third kappa shape index (κ3) is 6.90. The zero-order chi connectivity index (χ0) is 11.2. The summed E-state index contributed by atoms with van der Waals surface area (Å²) in [6, 6.07) is 0. The summed E-state index contributed by atoms with van der Waals surface area (Å²) >= 11 is 0. The molecule has 0 aliphatic rings. The molecule has 0 amide bonds. The van der Waals surface area contributed by atoms with E-state index < -0.39 is 5.60 Å². The molecule has 0 heterocycles. The van der Waals surface area contributed by atoms with Crippen molar-refractivity contribution in [2.45, 2.75) is 52.6 Å². The van der Waals surface area contributed by atoms with Gasteiger partial charge in [-0.25, -0.2) is 0 Å². The van der Waals surface area contributed by atoms with Crippen LogP contribution in [-0.4, -0.2) is 10.7 Å². The maximum atomic E-state index is 9.67. The van der Waals surface area contributed by atoms with Crippen LogP contribution in [0.4, 0.5) is 0 Å². The second kappa shape index (κ2) is 6.02. The first kappa shape index (κ1) is 13.4. The van der Waals surface area contributed by atoms with E-state index in [1.807, 2.05) is 0 Å². The Morgan fingerprint density at radius 2 is 2.07 bits per heavy atom. The highest BCUT2D eigenvalue weighted by atomic mass is 16.3. The van der Waals surface area contributed by atoms with Gasteiger partial charge in [0.15, 0.2) is 0 Å². The number of hydrogen-bond donors (Lipinski definition) is 1. The van der Waals surface area contributed by atoms with Crippen LogP contribution >= 0.6 is 0 Å². The highest BCUT2D eigenvalue weighted by Gasteiger charge is 2.13. The predicted molar refractivity (Wildman–Crippen MR) is 63.3 cm³/mol. The predicted octanol–water partition coefficient (Wildman–Crippen LogP) is 3.70. The van der Waals surface area contributed by atoms with Gasteiger partial charge in [0.25, 0.3) is 0 Å². The van der Waals surface area contributed by atoms with Crippen molar-refractivity contribution in [3.63, 3.8) is 0 Å². The molecule has 0 aliphatic carbocycles. The van der Waals surface area contributed by atoms with Crippen LogP contribution in [0.15, 0.2) is 24.3 Å². The van der Waals surface area contributed by atoms with E-state index in [0.717, 1.165) is 19.3 Å². The summed E-state index contributed by atoms with van der Waals surface area (Å²) in [5.74, 6) is 0.714. The van der Waals surface area contributed by atoms with Crippen LogP contribution in [0, 0.1) is 5.92 Å². The van der Waals surface area contributed by atoms with Gasteiger partial charge in [0, 0.05) is 0 Å². The minimum Gasteiger partial charge on any atom is -0.386 e. The van der Waals surface area contributed by atoms with E-state index in [1.165, 1.54) is 5.57 Å². The maximum absolute atomic E-state index is 9.67. The van der Waals surface area contributed by atoms with Crippen molar-refractivity contribution < 1.29 is 5.11 Å². The van der Waals surface area contributed by atoms with Crippen molar-refractivity contribution in [2.75, 3.05) is 0 Å². The van der Waals surface area contributed by atoms with Crippen molar-refractivity contribution in [1.29, 1.82) is 0 Å². The summed E-state index contributed by atoms with van der Waals surface area (Å²) in [6.07, 6.45) is 6.66. The molecular formula is C13H24O. The number of allylic oxidation sites excluding steroid dienone is 2. The van der Waals surface area contributed by atoms with Gasteiger partial charge in [-0.3, -0.25) is 0 Å². The molecule has 1 heteroatoms. The molecule has 0 aromatic carbocycles. The Bertz CT molecular complexity index is 199. The molecule has 0 saturated carbocycles. The summed E-state index contributed by atoms with van der Waals surface area (Å²) in [6.45, 7) is 12.0. The zero-order valence-corrected chi connectivity index (χ0v) is 10.0. The van der Waals surface area contributed by atoms with Crippen LogP contribution in [0.3, 0.4) is 0 Å². The minimum absolute atomic E-state index is 0.714. The second-order valence-corrected chi connectivity index (χ2v) is 4.75. The van der Waals surface area contributed by atoms with Crippen LogP contribution in [0.1, 0.15) is 47.0 Å². The maximum Gasteiger partial charge on any atom is 0.0800 e. The van der Waals surface area contributed by atoms with Crippen LogP contribution in [0.5, 0.6) is 0 Å². The number of rotatable bonds is 6. The first-order valence-electron chi connectivity index (χ1n) is 5.39. The van der Waals surface area contributed by atoms with Gasteiger partial charge in [0.2, 0.25) is 0 Å². The fourth-order valence-corrected chi connectivity index (χ4v) is 1.44. The molecule has 0 aromatic rings. The molecule has 0 rings (SSSR count). The molecule has 14 heavy (non-hydrogen) atoms. The van der Waals surface area contributed by atoms with Gasteiger partial charge in [0.05, 0.1) is 5.60 Å². The topological polar surface area (TPSA) is 20.2 Å². The van der Waals surface area contributed by atoms with Crippen molar-refractivity contribution in [3.8, 4) is 0 Å². The molecule has 1 N–H and O–H groups in total. The monoisotopic (exact) mass is 196 g/mol. The molecule has 0 aromatic heterocycles. The Morgan fingerprint density at radius 1 is 1.50 bits per heavy atom. The second-order valence-electron chi connectivity index (χ2n) is 4.75. The molecule has 1 nitrogen and oxygen atoms in total. The molecule has 0 fully saturated rings. The summed E-state index contributed by atoms with van der Waals surface area (Å²) in [5.41, 5.74) is 0.703. The highest BCUT2D eigenvalue weighted by molar-refractivity contribution is 5.01. The van der Waals surface area contributed by atoms with E-state index in [2.05, 4.69) is 33.4 Å². The summed E-state index contributed by atoms with van der Waals surface area (Å²) in [4.78, 5) is 0. The Balaban J connectivity index is 3.87. The number of hydrogen-bond acceptors (Lipinski definition) is 1. The third-order valence-electron chi connectivity index (χ3n) is 2.31. The van der Waals surface area contributed by atoms with Crippen molar-refractivity contribution in [2.24, 2.45) is 5.92 Å². The highest BCUT2D eigenvalue weighted by Crippen LogP contribution is 2.16. The van der Waals surface area contributed by atoms with E-state index in [-0.39, 0.29) is 0 Å². The van der Waals surface area contributed by atoms with Crippen molar-refractivity contribution >= 4 is 0 Å². The van der Waals surface area contributed by atoms with Crippen LogP contribution in [-0.2, 0) is 0 Å². The van der Waals surface area contributed by atoms with E-state index >= 15 is 0 Å². The Morgan fingerprint density at radius 3 is 2.50 bits per heavy atom. The Kier molecular flexibility index (Phi) is 5.78. The fourth-order valence-electron chi connectivity index (χ4n) is 1.44. The van der Waals surface area contributed by atoms with Crippen molar-refractivity contribution in [1.82, 2.24) is 0 Å². The molecule has 0 aliphatic heterocycles. The fraction of sp³-hybridized carbons (Fsp3) is 0.692. The SMILES string of the molecule is C=CC(C)(O)CC/C=C(\C)CC(C)C. The lowest BCUT2D eigenvalue weighted by Gasteiger charge is -2.17. The van der Waals surface area contributed by atoms with E-state index in [1.54, 1.807) is 13.0 Å². The lowest BCUT2D eigenvalue weighted by atomic mass is 9.98. The normalized spacial score (nSPS) is 16.9. The Labute approximate surface area is 88.5 Å². The quantitative estimate of drug-likeness (QED) is 0.642. The van der Waals surface area contributed by atoms with Gasteiger partial charge in [-0.1, -0.05) is 31.6 Å². The summed E-state index contributed by atoms with van der Waals surface area (Å²) in [5, 5.41) is 9.67. The van der Waals surface area contributed by atoms with E-state index in [9.17, 15) is 5.11 Å². The number of aliphatic hydroxyl groups is 1. The first-order chi connectivity index (χ1) is 6.37. The molecule has 0 spiro atoms. The molecule has 0 saturated heterocycles. The molecule has 1 atom stereocenters.